The molecule has 4 aromatic rings. The third-order valence-electron chi connectivity index (χ3n) is 5.36. The van der Waals surface area contributed by atoms with Gasteiger partial charge in [0.1, 0.15) is 5.69 Å². The predicted octanol–water partition coefficient (Wildman–Crippen LogP) is 3.30. The summed E-state index contributed by atoms with van der Waals surface area (Å²) < 4.78 is 1.91. The number of aromatic nitrogens is 5. The highest BCUT2D eigenvalue weighted by Crippen LogP contribution is 2.25. The minimum atomic E-state index is 0.0920. The first kappa shape index (κ1) is 16.7. The molecule has 0 radical (unpaired) electrons. The Bertz CT molecular complexity index is 1110. The van der Waals surface area contributed by atoms with Crippen LogP contribution in [-0.2, 0) is 0 Å². The molecule has 0 aliphatic carbocycles. The Hall–Kier alpha value is -3.48. The third kappa shape index (κ3) is 3.05. The summed E-state index contributed by atoms with van der Waals surface area (Å²) in [6.07, 6.45) is 7.32. The second-order valence-electron chi connectivity index (χ2n) is 7.10. The number of carbonyl (C=O) groups excluding carboxylic acids is 1. The Kier molecular flexibility index (Phi) is 4.12. The Morgan fingerprint density at radius 2 is 1.96 bits per heavy atom. The van der Waals surface area contributed by atoms with Gasteiger partial charge >= 0.3 is 0 Å². The lowest BCUT2D eigenvalue weighted by Crippen LogP contribution is -2.39. The van der Waals surface area contributed by atoms with E-state index in [1.54, 1.807) is 6.20 Å². The molecular formula is C21H20N6O. The molecule has 140 valence electrons. The third-order valence-corrected chi connectivity index (χ3v) is 5.36. The number of aromatic amines is 1. The Morgan fingerprint density at radius 1 is 1.07 bits per heavy atom. The summed E-state index contributed by atoms with van der Waals surface area (Å²) in [5, 5.41) is 9.61. The summed E-state index contributed by atoms with van der Waals surface area (Å²) in [5.74, 6) is 0.0920. The average molecular weight is 372 g/mol. The van der Waals surface area contributed by atoms with Gasteiger partial charge in [-0.25, -0.2) is 4.68 Å². The molecule has 3 aromatic heterocycles. The fourth-order valence-corrected chi connectivity index (χ4v) is 3.79. The molecule has 7 nitrogen and oxygen atoms in total. The summed E-state index contributed by atoms with van der Waals surface area (Å²) in [7, 11) is 0. The molecule has 0 atom stereocenters. The highest BCUT2D eigenvalue weighted by molar-refractivity contribution is 5.98. The number of benzene rings is 1. The monoisotopic (exact) mass is 372 g/mol. The van der Waals surface area contributed by atoms with Gasteiger partial charge in [-0.3, -0.25) is 9.78 Å². The minimum Gasteiger partial charge on any atom is -0.361 e. The Balaban J connectivity index is 1.26. The van der Waals surface area contributed by atoms with Crippen LogP contribution in [0.4, 0.5) is 0 Å². The van der Waals surface area contributed by atoms with Crippen molar-refractivity contribution in [2.24, 2.45) is 0 Å². The number of amides is 1. The molecule has 1 N–H and O–H groups in total. The number of likely N-dealkylation sites (tertiary alicyclic amines) is 1. The van der Waals surface area contributed by atoms with Crippen LogP contribution >= 0.6 is 0 Å². The zero-order chi connectivity index (χ0) is 18.9. The SMILES string of the molecule is O=C(c1ccc2[nH]ccc2c1)N1CCC(n2cc(-c3ccccn3)nn2)CC1. The number of piperidine rings is 1. The number of hydrogen-bond donors (Lipinski definition) is 1. The van der Waals surface area contributed by atoms with Crippen LogP contribution in [0, 0.1) is 0 Å². The second-order valence-corrected chi connectivity index (χ2v) is 7.10. The van der Waals surface area contributed by atoms with Crippen LogP contribution in [0.25, 0.3) is 22.3 Å². The van der Waals surface area contributed by atoms with Gasteiger partial charge < -0.3 is 9.88 Å². The van der Waals surface area contributed by atoms with Gasteiger partial charge in [-0.05, 0) is 49.2 Å². The lowest BCUT2D eigenvalue weighted by molar-refractivity contribution is 0.0689. The van der Waals surface area contributed by atoms with Crippen molar-refractivity contribution in [2.45, 2.75) is 18.9 Å². The van der Waals surface area contributed by atoms with E-state index in [-0.39, 0.29) is 11.9 Å². The molecule has 4 heterocycles. The minimum absolute atomic E-state index is 0.0920. The van der Waals surface area contributed by atoms with Crippen LogP contribution in [-0.4, -0.2) is 48.9 Å². The van der Waals surface area contributed by atoms with Gasteiger partial charge in [-0.1, -0.05) is 11.3 Å². The van der Waals surface area contributed by atoms with E-state index >= 15 is 0 Å². The first-order chi connectivity index (χ1) is 13.8. The lowest BCUT2D eigenvalue weighted by Gasteiger charge is -2.31. The molecule has 1 amide bonds. The van der Waals surface area contributed by atoms with Crippen LogP contribution in [0.2, 0.25) is 0 Å². The van der Waals surface area contributed by atoms with E-state index in [0.29, 0.717) is 13.1 Å². The smallest absolute Gasteiger partial charge is 0.253 e. The maximum Gasteiger partial charge on any atom is 0.253 e. The number of nitrogens with one attached hydrogen (secondary N) is 1. The van der Waals surface area contributed by atoms with E-state index in [1.807, 2.05) is 64.4 Å². The standard InChI is InChI=1S/C21H20N6O/c28-21(16-4-5-18-15(13-16)6-10-23-18)26-11-7-17(8-12-26)27-14-20(24-25-27)19-3-1-2-9-22-19/h1-6,9-10,13-14,17,23H,7-8,11-12H2. The van der Waals surface area contributed by atoms with Gasteiger partial charge in [-0.2, -0.15) is 0 Å². The van der Waals surface area contributed by atoms with E-state index in [0.717, 1.165) is 40.7 Å². The molecule has 1 fully saturated rings. The molecule has 0 bridgehead atoms. The zero-order valence-electron chi connectivity index (χ0n) is 15.3. The van der Waals surface area contributed by atoms with Crippen LogP contribution in [0.1, 0.15) is 29.2 Å². The van der Waals surface area contributed by atoms with Crippen molar-refractivity contribution in [3.05, 3.63) is 66.6 Å². The number of rotatable bonds is 3. The van der Waals surface area contributed by atoms with Crippen molar-refractivity contribution >= 4 is 16.8 Å². The molecule has 1 aliphatic rings. The summed E-state index contributed by atoms with van der Waals surface area (Å²) in [4.78, 5) is 22.3. The first-order valence-electron chi connectivity index (χ1n) is 9.47. The van der Waals surface area contributed by atoms with Crippen molar-refractivity contribution in [1.82, 2.24) is 29.9 Å². The molecule has 28 heavy (non-hydrogen) atoms. The highest BCUT2D eigenvalue weighted by Gasteiger charge is 2.25. The van der Waals surface area contributed by atoms with Crippen molar-refractivity contribution in [1.29, 1.82) is 0 Å². The average Bonchev–Trinajstić information content (AvgIpc) is 3.43. The first-order valence-corrected chi connectivity index (χ1v) is 9.47. The van der Waals surface area contributed by atoms with Crippen molar-refractivity contribution < 1.29 is 4.79 Å². The molecule has 7 heteroatoms. The van der Waals surface area contributed by atoms with Gasteiger partial charge in [0.05, 0.1) is 17.9 Å². The Labute approximate surface area is 162 Å². The fraction of sp³-hybridized carbons (Fsp3) is 0.238. The molecule has 1 saturated heterocycles. The topological polar surface area (TPSA) is 79.7 Å². The van der Waals surface area contributed by atoms with E-state index in [9.17, 15) is 4.79 Å². The molecule has 5 rings (SSSR count). The summed E-state index contributed by atoms with van der Waals surface area (Å²) in [6, 6.07) is 13.8. The van der Waals surface area contributed by atoms with E-state index in [4.69, 9.17) is 0 Å². The molecule has 1 aliphatic heterocycles. The second kappa shape index (κ2) is 6.92. The van der Waals surface area contributed by atoms with E-state index < -0.39 is 0 Å². The Morgan fingerprint density at radius 3 is 2.79 bits per heavy atom. The van der Waals surface area contributed by atoms with Crippen LogP contribution in [0.15, 0.2) is 61.1 Å². The number of H-pyrrole nitrogens is 1. The number of fused-ring (bicyclic) bond motifs is 1. The van der Waals surface area contributed by atoms with Gasteiger partial charge in [0.15, 0.2) is 0 Å². The quantitative estimate of drug-likeness (QED) is 0.598. The van der Waals surface area contributed by atoms with Crippen LogP contribution < -0.4 is 0 Å². The van der Waals surface area contributed by atoms with Gasteiger partial charge in [0, 0.05) is 41.9 Å². The maximum atomic E-state index is 12.9. The zero-order valence-corrected chi connectivity index (χ0v) is 15.3. The van der Waals surface area contributed by atoms with Crippen molar-refractivity contribution in [2.75, 3.05) is 13.1 Å². The van der Waals surface area contributed by atoms with E-state index in [2.05, 4.69) is 20.3 Å². The van der Waals surface area contributed by atoms with E-state index in [1.165, 1.54) is 0 Å². The highest BCUT2D eigenvalue weighted by atomic mass is 16.2. The fourth-order valence-electron chi connectivity index (χ4n) is 3.79. The number of pyridine rings is 1. The van der Waals surface area contributed by atoms with Gasteiger partial charge in [0.2, 0.25) is 0 Å². The van der Waals surface area contributed by atoms with Crippen LogP contribution in [0.3, 0.4) is 0 Å². The molecule has 0 spiro atoms. The predicted molar refractivity (Wildman–Crippen MR) is 106 cm³/mol. The number of nitrogens with zero attached hydrogens (tertiary/aromatic N) is 5. The number of carbonyl (C=O) groups is 1. The summed E-state index contributed by atoms with van der Waals surface area (Å²) >= 11 is 0. The lowest BCUT2D eigenvalue weighted by atomic mass is 10.0. The largest absolute Gasteiger partial charge is 0.361 e. The molecule has 0 saturated carbocycles. The van der Waals surface area contributed by atoms with Crippen molar-refractivity contribution in [3.8, 4) is 11.4 Å². The van der Waals surface area contributed by atoms with Gasteiger partial charge in [-0.15, -0.1) is 5.10 Å². The number of hydrogen-bond acceptors (Lipinski definition) is 4. The van der Waals surface area contributed by atoms with Gasteiger partial charge in [0.25, 0.3) is 5.91 Å². The summed E-state index contributed by atoms with van der Waals surface area (Å²) in [5.41, 5.74) is 3.38. The van der Waals surface area contributed by atoms with Crippen molar-refractivity contribution in [3.63, 3.8) is 0 Å². The maximum absolute atomic E-state index is 12.9. The molecule has 0 unspecified atom stereocenters. The van der Waals surface area contributed by atoms with Crippen LogP contribution in [0.5, 0.6) is 0 Å². The molecular weight excluding hydrogens is 352 g/mol. The summed E-state index contributed by atoms with van der Waals surface area (Å²) in [6.45, 7) is 1.43. The normalized spacial score (nSPS) is 15.2. The molecule has 1 aromatic carbocycles.